The second-order valence-corrected chi connectivity index (χ2v) is 5.40. The van der Waals surface area contributed by atoms with Crippen molar-refractivity contribution >= 4 is 11.7 Å². The maximum absolute atomic E-state index is 12.0. The molecule has 1 aromatic carbocycles. The molecule has 0 aliphatic rings. The van der Waals surface area contributed by atoms with E-state index in [4.69, 9.17) is 0 Å². The molecule has 6 heteroatoms. The lowest BCUT2D eigenvalue weighted by Crippen LogP contribution is -2.33. The average molecular weight is 302 g/mol. The number of aromatic nitrogens is 2. The number of amides is 2. The summed E-state index contributed by atoms with van der Waals surface area (Å²) in [6.07, 6.45) is 3.57. The third kappa shape index (κ3) is 4.89. The molecule has 0 radical (unpaired) electrons. The lowest BCUT2D eigenvalue weighted by Gasteiger charge is -2.17. The Hall–Kier alpha value is -2.34. The van der Waals surface area contributed by atoms with Crippen molar-refractivity contribution in [2.45, 2.75) is 26.0 Å². The Morgan fingerprint density at radius 1 is 1.41 bits per heavy atom. The van der Waals surface area contributed by atoms with E-state index in [0.29, 0.717) is 25.2 Å². The third-order valence-corrected chi connectivity index (χ3v) is 3.30. The second kappa shape index (κ2) is 7.61. The summed E-state index contributed by atoms with van der Waals surface area (Å²) in [7, 11) is 1.70. The monoisotopic (exact) mass is 302 g/mol. The molecule has 1 heterocycles. The standard InChI is InChI=1S/C16H22N4O2/c1-13(21)8-9-19(2)16(22)18-15-10-17-20(12-15)11-14-6-4-3-5-7-14/h3-7,10,12-13,21H,8-9,11H2,1-2H3,(H,18,22). The maximum Gasteiger partial charge on any atom is 0.321 e. The summed E-state index contributed by atoms with van der Waals surface area (Å²) in [6, 6.07) is 9.80. The van der Waals surface area contributed by atoms with Crippen molar-refractivity contribution in [2.75, 3.05) is 18.9 Å². The molecule has 0 saturated heterocycles. The zero-order valence-corrected chi connectivity index (χ0v) is 12.9. The predicted octanol–water partition coefficient (Wildman–Crippen LogP) is 2.17. The molecule has 2 N–H and O–H groups in total. The number of nitrogens with zero attached hydrogens (tertiary/aromatic N) is 3. The summed E-state index contributed by atoms with van der Waals surface area (Å²) in [5.41, 5.74) is 1.81. The van der Waals surface area contributed by atoms with Crippen LogP contribution >= 0.6 is 0 Å². The van der Waals surface area contributed by atoms with Gasteiger partial charge in [0.2, 0.25) is 0 Å². The van der Waals surface area contributed by atoms with Gasteiger partial charge < -0.3 is 15.3 Å². The molecule has 0 aliphatic heterocycles. The number of rotatable bonds is 6. The van der Waals surface area contributed by atoms with Gasteiger partial charge in [0.1, 0.15) is 0 Å². The molecule has 2 rings (SSSR count). The van der Waals surface area contributed by atoms with Gasteiger partial charge in [0, 0.05) is 19.8 Å². The molecule has 0 spiro atoms. The van der Waals surface area contributed by atoms with Crippen LogP contribution in [0.5, 0.6) is 0 Å². The van der Waals surface area contributed by atoms with Gasteiger partial charge in [-0.25, -0.2) is 4.79 Å². The normalized spacial score (nSPS) is 12.0. The minimum Gasteiger partial charge on any atom is -0.393 e. The number of urea groups is 1. The molecule has 0 aliphatic carbocycles. The van der Waals surface area contributed by atoms with Gasteiger partial charge in [-0.15, -0.1) is 0 Å². The van der Waals surface area contributed by atoms with Crippen LogP contribution in [0.25, 0.3) is 0 Å². The fraction of sp³-hybridized carbons (Fsp3) is 0.375. The molecule has 6 nitrogen and oxygen atoms in total. The SMILES string of the molecule is CC(O)CCN(C)C(=O)Nc1cnn(Cc2ccccc2)c1. The Balaban J connectivity index is 1.87. The largest absolute Gasteiger partial charge is 0.393 e. The van der Waals surface area contributed by atoms with E-state index in [1.807, 2.05) is 30.3 Å². The zero-order valence-electron chi connectivity index (χ0n) is 12.9. The van der Waals surface area contributed by atoms with Gasteiger partial charge in [0.25, 0.3) is 0 Å². The zero-order chi connectivity index (χ0) is 15.9. The van der Waals surface area contributed by atoms with Crippen LogP contribution in [-0.2, 0) is 6.54 Å². The van der Waals surface area contributed by atoms with Gasteiger partial charge in [0.15, 0.2) is 0 Å². The number of hydrogen-bond acceptors (Lipinski definition) is 3. The van der Waals surface area contributed by atoms with E-state index < -0.39 is 6.10 Å². The lowest BCUT2D eigenvalue weighted by molar-refractivity contribution is 0.167. The van der Waals surface area contributed by atoms with Crippen LogP contribution in [0.2, 0.25) is 0 Å². The predicted molar refractivity (Wildman–Crippen MR) is 85.7 cm³/mol. The van der Waals surface area contributed by atoms with Crippen LogP contribution in [0.4, 0.5) is 10.5 Å². The third-order valence-electron chi connectivity index (χ3n) is 3.30. The van der Waals surface area contributed by atoms with Crippen LogP contribution in [-0.4, -0.2) is 45.5 Å². The highest BCUT2D eigenvalue weighted by Gasteiger charge is 2.10. The molecule has 1 unspecified atom stereocenters. The van der Waals surface area contributed by atoms with Crippen LogP contribution in [0.3, 0.4) is 0 Å². The maximum atomic E-state index is 12.0. The van der Waals surface area contributed by atoms with Gasteiger partial charge in [-0.3, -0.25) is 4.68 Å². The Kier molecular flexibility index (Phi) is 5.55. The first-order valence-corrected chi connectivity index (χ1v) is 7.31. The number of carbonyl (C=O) groups excluding carboxylic acids is 1. The van der Waals surface area contributed by atoms with Gasteiger partial charge >= 0.3 is 6.03 Å². The highest BCUT2D eigenvalue weighted by molar-refractivity contribution is 5.88. The smallest absolute Gasteiger partial charge is 0.321 e. The van der Waals surface area contributed by atoms with E-state index in [1.165, 1.54) is 0 Å². The quantitative estimate of drug-likeness (QED) is 0.859. The van der Waals surface area contributed by atoms with E-state index in [1.54, 1.807) is 35.9 Å². The molecule has 0 fully saturated rings. The van der Waals surface area contributed by atoms with Crippen molar-refractivity contribution in [1.29, 1.82) is 0 Å². The van der Waals surface area contributed by atoms with E-state index in [2.05, 4.69) is 10.4 Å². The number of hydrogen-bond donors (Lipinski definition) is 2. The molecule has 1 aromatic heterocycles. The summed E-state index contributed by atoms with van der Waals surface area (Å²) in [5.74, 6) is 0. The molecule has 2 aromatic rings. The van der Waals surface area contributed by atoms with Crippen LogP contribution in [0, 0.1) is 0 Å². The van der Waals surface area contributed by atoms with Crippen molar-refractivity contribution in [3.8, 4) is 0 Å². The van der Waals surface area contributed by atoms with Gasteiger partial charge in [-0.1, -0.05) is 30.3 Å². The fourth-order valence-corrected chi connectivity index (χ4v) is 1.99. The molecular formula is C16H22N4O2. The van der Waals surface area contributed by atoms with E-state index in [0.717, 1.165) is 5.56 Å². The van der Waals surface area contributed by atoms with Crippen LogP contribution in [0.15, 0.2) is 42.7 Å². The first kappa shape index (κ1) is 16.0. The number of aliphatic hydroxyl groups excluding tert-OH is 1. The second-order valence-electron chi connectivity index (χ2n) is 5.40. The summed E-state index contributed by atoms with van der Waals surface area (Å²) < 4.78 is 1.78. The Morgan fingerprint density at radius 3 is 2.82 bits per heavy atom. The van der Waals surface area contributed by atoms with E-state index in [9.17, 15) is 9.90 Å². The average Bonchev–Trinajstić information content (AvgIpc) is 2.92. The lowest BCUT2D eigenvalue weighted by atomic mass is 10.2. The van der Waals surface area contributed by atoms with Gasteiger partial charge in [-0.2, -0.15) is 5.10 Å². The molecule has 118 valence electrons. The Labute approximate surface area is 130 Å². The van der Waals surface area contributed by atoms with Crippen molar-refractivity contribution in [3.05, 3.63) is 48.3 Å². The highest BCUT2D eigenvalue weighted by atomic mass is 16.3. The molecule has 0 saturated carbocycles. The number of aliphatic hydroxyl groups is 1. The topological polar surface area (TPSA) is 70.4 Å². The number of benzene rings is 1. The summed E-state index contributed by atoms with van der Waals surface area (Å²) in [6.45, 7) is 2.87. The Bertz CT molecular complexity index is 595. The molecule has 1 atom stereocenters. The summed E-state index contributed by atoms with van der Waals surface area (Å²) in [4.78, 5) is 13.5. The van der Waals surface area contributed by atoms with Crippen molar-refractivity contribution in [3.63, 3.8) is 0 Å². The van der Waals surface area contributed by atoms with Crippen LogP contribution in [0.1, 0.15) is 18.9 Å². The molecule has 22 heavy (non-hydrogen) atoms. The fourth-order valence-electron chi connectivity index (χ4n) is 1.99. The van der Waals surface area contributed by atoms with E-state index in [-0.39, 0.29) is 6.03 Å². The first-order valence-electron chi connectivity index (χ1n) is 7.31. The van der Waals surface area contributed by atoms with Crippen molar-refractivity contribution in [2.24, 2.45) is 0 Å². The highest BCUT2D eigenvalue weighted by Crippen LogP contribution is 2.09. The number of anilines is 1. The van der Waals surface area contributed by atoms with Gasteiger partial charge in [-0.05, 0) is 18.9 Å². The molecule has 0 bridgehead atoms. The van der Waals surface area contributed by atoms with E-state index >= 15 is 0 Å². The summed E-state index contributed by atoms with van der Waals surface area (Å²) >= 11 is 0. The first-order chi connectivity index (χ1) is 10.5. The Morgan fingerprint density at radius 2 is 2.14 bits per heavy atom. The summed E-state index contributed by atoms with van der Waals surface area (Å²) in [5, 5.41) is 16.3. The van der Waals surface area contributed by atoms with Crippen molar-refractivity contribution in [1.82, 2.24) is 14.7 Å². The molecule has 2 amide bonds. The van der Waals surface area contributed by atoms with Gasteiger partial charge in [0.05, 0.1) is 24.5 Å². The van der Waals surface area contributed by atoms with Crippen LogP contribution < -0.4 is 5.32 Å². The minimum atomic E-state index is -0.413. The number of nitrogens with one attached hydrogen (secondary N) is 1. The minimum absolute atomic E-state index is 0.208. The van der Waals surface area contributed by atoms with Crippen molar-refractivity contribution < 1.29 is 9.90 Å². The number of carbonyl (C=O) groups is 1. The molecular weight excluding hydrogens is 280 g/mol.